The number of ether oxygens (including phenoxy) is 1. The molecule has 0 fully saturated rings. The molecule has 0 unspecified atom stereocenters. The van der Waals surface area contributed by atoms with Crippen molar-refractivity contribution in [3.05, 3.63) is 72.9 Å². The number of hydrogen-bond donors (Lipinski definition) is 0. The highest BCUT2D eigenvalue weighted by Gasteiger charge is 2.05. The van der Waals surface area contributed by atoms with E-state index in [-0.39, 0.29) is 5.82 Å². The third-order valence-corrected chi connectivity index (χ3v) is 2.80. The molecule has 3 rings (SSSR count). The maximum atomic E-state index is 13.6. The summed E-state index contributed by atoms with van der Waals surface area (Å²) in [4.78, 5) is 7.81. The first-order chi connectivity index (χ1) is 9.83. The Balaban J connectivity index is 1.83. The second-order valence-electron chi connectivity index (χ2n) is 4.15. The molecule has 0 bridgehead atoms. The normalized spacial score (nSPS) is 10.2. The molecule has 2 aromatic heterocycles. The van der Waals surface area contributed by atoms with Crippen LogP contribution in [0.25, 0.3) is 11.1 Å². The Bertz CT molecular complexity index is 699. The fourth-order valence-electron chi connectivity index (χ4n) is 1.84. The van der Waals surface area contributed by atoms with Gasteiger partial charge in [0, 0.05) is 24.0 Å². The van der Waals surface area contributed by atoms with Crippen LogP contribution in [0.2, 0.25) is 0 Å². The third kappa shape index (κ3) is 2.64. The van der Waals surface area contributed by atoms with Crippen LogP contribution in [0, 0.1) is 5.82 Å². The molecule has 3 aromatic rings. The van der Waals surface area contributed by atoms with Crippen LogP contribution < -0.4 is 4.74 Å². The number of rotatable bonds is 3. The van der Waals surface area contributed by atoms with Crippen molar-refractivity contribution in [1.82, 2.24) is 9.97 Å². The highest BCUT2D eigenvalue weighted by Crippen LogP contribution is 2.26. The summed E-state index contributed by atoms with van der Waals surface area (Å²) in [6.45, 7) is 0. The fourth-order valence-corrected chi connectivity index (χ4v) is 1.84. The van der Waals surface area contributed by atoms with Crippen LogP contribution >= 0.6 is 0 Å². The Kier molecular flexibility index (Phi) is 3.37. The van der Waals surface area contributed by atoms with E-state index in [2.05, 4.69) is 9.97 Å². The van der Waals surface area contributed by atoms with E-state index in [1.807, 2.05) is 12.1 Å². The van der Waals surface area contributed by atoms with Gasteiger partial charge in [-0.05, 0) is 29.8 Å². The standard InChI is InChI=1S/C16H11FN2O/c17-15-11-18-10-8-14(15)12-4-6-13(7-5-12)20-16-3-1-2-9-19-16/h1-11H. The van der Waals surface area contributed by atoms with Gasteiger partial charge in [-0.3, -0.25) is 4.98 Å². The summed E-state index contributed by atoms with van der Waals surface area (Å²) in [5.74, 6) is 0.836. The number of hydrogen-bond acceptors (Lipinski definition) is 3. The van der Waals surface area contributed by atoms with Gasteiger partial charge in [-0.15, -0.1) is 0 Å². The molecule has 0 radical (unpaired) electrons. The summed E-state index contributed by atoms with van der Waals surface area (Å²) in [5.41, 5.74) is 1.29. The summed E-state index contributed by atoms with van der Waals surface area (Å²) >= 11 is 0. The smallest absolute Gasteiger partial charge is 0.219 e. The van der Waals surface area contributed by atoms with Gasteiger partial charge in [-0.1, -0.05) is 18.2 Å². The zero-order valence-electron chi connectivity index (χ0n) is 10.5. The molecule has 0 aliphatic carbocycles. The Labute approximate surface area is 115 Å². The van der Waals surface area contributed by atoms with Gasteiger partial charge >= 0.3 is 0 Å². The molecule has 4 heteroatoms. The highest BCUT2D eigenvalue weighted by atomic mass is 19.1. The van der Waals surface area contributed by atoms with E-state index < -0.39 is 0 Å². The zero-order chi connectivity index (χ0) is 13.8. The lowest BCUT2D eigenvalue weighted by Gasteiger charge is -2.06. The molecule has 0 aliphatic rings. The van der Waals surface area contributed by atoms with Gasteiger partial charge in [-0.2, -0.15) is 0 Å². The minimum absolute atomic E-state index is 0.342. The first-order valence-corrected chi connectivity index (χ1v) is 6.12. The number of pyridine rings is 2. The highest BCUT2D eigenvalue weighted by molar-refractivity contribution is 5.64. The zero-order valence-corrected chi connectivity index (χ0v) is 10.5. The van der Waals surface area contributed by atoms with E-state index in [0.29, 0.717) is 17.2 Å². The van der Waals surface area contributed by atoms with Gasteiger partial charge in [0.2, 0.25) is 5.88 Å². The van der Waals surface area contributed by atoms with Crippen molar-refractivity contribution in [2.24, 2.45) is 0 Å². The largest absolute Gasteiger partial charge is 0.439 e. The Morgan fingerprint density at radius 2 is 1.75 bits per heavy atom. The summed E-state index contributed by atoms with van der Waals surface area (Å²) in [5, 5.41) is 0. The quantitative estimate of drug-likeness (QED) is 0.716. The topological polar surface area (TPSA) is 35.0 Å². The van der Waals surface area contributed by atoms with Crippen LogP contribution in [0.15, 0.2) is 67.1 Å². The first-order valence-electron chi connectivity index (χ1n) is 6.12. The van der Waals surface area contributed by atoms with Crippen LogP contribution in [0.3, 0.4) is 0 Å². The van der Waals surface area contributed by atoms with Gasteiger partial charge in [0.15, 0.2) is 0 Å². The molecule has 20 heavy (non-hydrogen) atoms. The molecular formula is C16H11FN2O. The second kappa shape index (κ2) is 5.48. The molecular weight excluding hydrogens is 255 g/mol. The van der Waals surface area contributed by atoms with Gasteiger partial charge in [-0.25, -0.2) is 9.37 Å². The van der Waals surface area contributed by atoms with Crippen LogP contribution in [0.5, 0.6) is 11.6 Å². The summed E-state index contributed by atoms with van der Waals surface area (Å²) in [6.07, 6.45) is 4.43. The molecule has 0 N–H and O–H groups in total. The van der Waals surface area contributed by atoms with E-state index in [0.717, 1.165) is 5.56 Å². The SMILES string of the molecule is Fc1cnccc1-c1ccc(Oc2ccccn2)cc1. The van der Waals surface area contributed by atoms with Gasteiger partial charge in [0.25, 0.3) is 0 Å². The Morgan fingerprint density at radius 1 is 0.900 bits per heavy atom. The van der Waals surface area contributed by atoms with Crippen LogP contribution in [0.4, 0.5) is 4.39 Å². The fraction of sp³-hybridized carbons (Fsp3) is 0. The van der Waals surface area contributed by atoms with Crippen molar-refractivity contribution < 1.29 is 9.13 Å². The van der Waals surface area contributed by atoms with E-state index in [1.165, 1.54) is 6.20 Å². The first kappa shape index (κ1) is 12.3. The van der Waals surface area contributed by atoms with Gasteiger partial charge < -0.3 is 4.74 Å². The maximum Gasteiger partial charge on any atom is 0.219 e. The molecule has 0 saturated carbocycles. The average molecular weight is 266 g/mol. The molecule has 3 nitrogen and oxygen atoms in total. The monoisotopic (exact) mass is 266 g/mol. The summed E-state index contributed by atoms with van der Waals surface area (Å²) in [7, 11) is 0. The minimum atomic E-state index is -0.342. The van der Waals surface area contributed by atoms with Crippen molar-refractivity contribution in [1.29, 1.82) is 0 Å². The van der Waals surface area contributed by atoms with Crippen LogP contribution in [0.1, 0.15) is 0 Å². The third-order valence-electron chi connectivity index (χ3n) is 2.80. The number of halogens is 1. The Morgan fingerprint density at radius 3 is 2.45 bits per heavy atom. The number of aromatic nitrogens is 2. The van der Waals surface area contributed by atoms with E-state index >= 15 is 0 Å². The van der Waals surface area contributed by atoms with Gasteiger partial charge in [0.1, 0.15) is 11.6 Å². The summed E-state index contributed by atoms with van der Waals surface area (Å²) < 4.78 is 19.2. The van der Waals surface area contributed by atoms with Crippen LogP contribution in [-0.2, 0) is 0 Å². The molecule has 98 valence electrons. The van der Waals surface area contributed by atoms with E-state index in [9.17, 15) is 4.39 Å². The average Bonchev–Trinajstić information content (AvgIpc) is 2.50. The lowest BCUT2D eigenvalue weighted by atomic mass is 10.1. The predicted octanol–water partition coefficient (Wildman–Crippen LogP) is 4.08. The molecule has 0 amide bonds. The number of benzene rings is 1. The van der Waals surface area contributed by atoms with Crippen molar-refractivity contribution >= 4 is 0 Å². The maximum absolute atomic E-state index is 13.6. The van der Waals surface area contributed by atoms with E-state index in [1.54, 1.807) is 48.8 Å². The lowest BCUT2D eigenvalue weighted by Crippen LogP contribution is -1.88. The van der Waals surface area contributed by atoms with Crippen LogP contribution in [-0.4, -0.2) is 9.97 Å². The molecule has 1 aromatic carbocycles. The predicted molar refractivity (Wildman–Crippen MR) is 73.9 cm³/mol. The number of nitrogens with zero attached hydrogens (tertiary/aromatic N) is 2. The van der Waals surface area contributed by atoms with Crippen molar-refractivity contribution in [2.45, 2.75) is 0 Å². The van der Waals surface area contributed by atoms with Gasteiger partial charge in [0.05, 0.1) is 6.20 Å². The molecule has 0 saturated heterocycles. The van der Waals surface area contributed by atoms with Crippen molar-refractivity contribution in [2.75, 3.05) is 0 Å². The molecule has 2 heterocycles. The second-order valence-corrected chi connectivity index (χ2v) is 4.15. The van der Waals surface area contributed by atoms with Crippen molar-refractivity contribution in [3.63, 3.8) is 0 Å². The lowest BCUT2D eigenvalue weighted by molar-refractivity contribution is 0.463. The Hall–Kier alpha value is -2.75. The molecule has 0 atom stereocenters. The van der Waals surface area contributed by atoms with Crippen molar-refractivity contribution in [3.8, 4) is 22.8 Å². The minimum Gasteiger partial charge on any atom is -0.439 e. The molecule has 0 spiro atoms. The van der Waals surface area contributed by atoms with E-state index in [4.69, 9.17) is 4.74 Å². The molecule has 0 aliphatic heterocycles. The summed E-state index contributed by atoms with van der Waals surface area (Å²) in [6, 6.07) is 14.3.